The first kappa shape index (κ1) is 15.6. The van der Waals surface area contributed by atoms with Crippen LogP contribution in [0.5, 0.6) is 0 Å². The lowest BCUT2D eigenvalue weighted by molar-refractivity contribution is 0.539. The van der Waals surface area contributed by atoms with Crippen molar-refractivity contribution >= 4 is 17.6 Å². The number of anilines is 1. The van der Waals surface area contributed by atoms with Gasteiger partial charge in [0.1, 0.15) is 16.7 Å². The van der Waals surface area contributed by atoms with E-state index in [4.69, 9.17) is 5.73 Å². The molecule has 0 unspecified atom stereocenters. The molecular formula is C13H20N6OS. The van der Waals surface area contributed by atoms with E-state index in [-0.39, 0.29) is 11.1 Å². The molecule has 0 fully saturated rings. The number of nitrogen functional groups attached to an aromatic ring is 1. The molecule has 7 nitrogen and oxygen atoms in total. The Morgan fingerprint density at radius 3 is 2.71 bits per heavy atom. The lowest BCUT2D eigenvalue weighted by Crippen LogP contribution is -2.18. The summed E-state index contributed by atoms with van der Waals surface area (Å²) < 4.78 is 1.60. The highest BCUT2D eigenvalue weighted by atomic mass is 32.2. The molecule has 2 aromatic heterocycles. The minimum atomic E-state index is -0.211. The highest BCUT2D eigenvalue weighted by molar-refractivity contribution is 7.99. The van der Waals surface area contributed by atoms with Crippen LogP contribution in [-0.2, 0) is 12.0 Å². The molecule has 0 aliphatic heterocycles. The molecule has 21 heavy (non-hydrogen) atoms. The van der Waals surface area contributed by atoms with Crippen LogP contribution in [-0.4, -0.2) is 24.7 Å². The van der Waals surface area contributed by atoms with Crippen LogP contribution in [0.15, 0.2) is 21.0 Å². The second-order valence-electron chi connectivity index (χ2n) is 5.77. The molecule has 2 heterocycles. The zero-order valence-corrected chi connectivity index (χ0v) is 13.5. The minimum Gasteiger partial charge on any atom is -0.384 e. The van der Waals surface area contributed by atoms with Gasteiger partial charge in [0.25, 0.3) is 0 Å². The Morgan fingerprint density at radius 2 is 2.10 bits per heavy atom. The van der Waals surface area contributed by atoms with Crippen LogP contribution < -0.4 is 11.4 Å². The summed E-state index contributed by atoms with van der Waals surface area (Å²) in [6.07, 6.45) is 0.853. The topological polar surface area (TPSA) is 102 Å². The Morgan fingerprint density at radius 1 is 1.38 bits per heavy atom. The van der Waals surface area contributed by atoms with E-state index >= 15 is 0 Å². The first-order valence-electron chi connectivity index (χ1n) is 6.79. The van der Waals surface area contributed by atoms with Gasteiger partial charge in [0, 0.05) is 18.0 Å². The minimum absolute atomic E-state index is 0.195. The van der Waals surface area contributed by atoms with Crippen molar-refractivity contribution in [3.63, 3.8) is 0 Å². The fraction of sp³-hybridized carbons (Fsp3) is 0.538. The molecule has 0 saturated carbocycles. The van der Waals surface area contributed by atoms with Gasteiger partial charge in [0.2, 0.25) is 0 Å². The van der Waals surface area contributed by atoms with Crippen molar-refractivity contribution < 1.29 is 0 Å². The van der Waals surface area contributed by atoms with Gasteiger partial charge < -0.3 is 5.73 Å². The Hall–Kier alpha value is -1.83. The monoisotopic (exact) mass is 308 g/mol. The zero-order chi connectivity index (χ0) is 15.6. The van der Waals surface area contributed by atoms with E-state index in [1.807, 2.05) is 27.7 Å². The first-order valence-corrected chi connectivity index (χ1v) is 7.61. The molecule has 2 rings (SSSR count). The second-order valence-corrected chi connectivity index (χ2v) is 6.76. The molecule has 0 atom stereocenters. The van der Waals surface area contributed by atoms with Gasteiger partial charge in [-0.25, -0.2) is 19.9 Å². The summed E-state index contributed by atoms with van der Waals surface area (Å²) in [6.45, 7) is 8.70. The van der Waals surface area contributed by atoms with Crippen LogP contribution in [0, 0.1) is 0 Å². The molecule has 0 aliphatic rings. The van der Waals surface area contributed by atoms with Gasteiger partial charge in [-0.15, -0.1) is 5.10 Å². The van der Waals surface area contributed by atoms with Crippen LogP contribution in [0.4, 0.5) is 5.82 Å². The molecule has 0 saturated heterocycles. The third-order valence-corrected chi connectivity index (χ3v) is 3.67. The van der Waals surface area contributed by atoms with Crippen molar-refractivity contribution in [1.82, 2.24) is 24.7 Å². The Bertz CT molecular complexity index is 685. The third-order valence-electron chi connectivity index (χ3n) is 2.76. The van der Waals surface area contributed by atoms with Gasteiger partial charge in [-0.3, -0.25) is 4.57 Å². The smallest absolute Gasteiger partial charge is 0.343 e. The summed E-state index contributed by atoms with van der Waals surface area (Å²) in [5, 5.41) is 7.77. The van der Waals surface area contributed by atoms with E-state index in [0.29, 0.717) is 28.4 Å². The van der Waals surface area contributed by atoms with Crippen molar-refractivity contribution in [1.29, 1.82) is 0 Å². The van der Waals surface area contributed by atoms with E-state index in [0.717, 1.165) is 6.42 Å². The summed E-state index contributed by atoms with van der Waals surface area (Å²) in [6, 6.07) is 1.69. The fourth-order valence-corrected chi connectivity index (χ4v) is 2.60. The Labute approximate surface area is 127 Å². The molecule has 0 radical (unpaired) electrons. The van der Waals surface area contributed by atoms with E-state index in [1.165, 1.54) is 11.8 Å². The fourth-order valence-electron chi connectivity index (χ4n) is 1.73. The lowest BCUT2D eigenvalue weighted by Gasteiger charge is -2.17. The van der Waals surface area contributed by atoms with Crippen LogP contribution in [0.25, 0.3) is 0 Å². The second kappa shape index (κ2) is 5.88. The normalized spacial score (nSPS) is 11.8. The van der Waals surface area contributed by atoms with Crippen LogP contribution in [0.1, 0.15) is 39.9 Å². The number of hydrogen-bond donors (Lipinski definition) is 2. The first-order chi connectivity index (χ1) is 9.81. The molecular weight excluding hydrogens is 288 g/mol. The number of nitrogens with zero attached hydrogens (tertiary/aromatic N) is 4. The van der Waals surface area contributed by atoms with Crippen LogP contribution in [0.2, 0.25) is 0 Å². The predicted octanol–water partition coefficient (Wildman–Crippen LogP) is 1.80. The molecule has 0 bridgehead atoms. The van der Waals surface area contributed by atoms with Crippen LogP contribution >= 0.6 is 11.8 Å². The van der Waals surface area contributed by atoms with Gasteiger partial charge in [-0.2, -0.15) is 0 Å². The largest absolute Gasteiger partial charge is 0.384 e. The Balaban J connectivity index is 2.36. The molecule has 0 aliphatic carbocycles. The predicted molar refractivity (Wildman–Crippen MR) is 82.4 cm³/mol. The highest BCUT2D eigenvalue weighted by Gasteiger charge is 2.20. The maximum Gasteiger partial charge on any atom is 0.343 e. The number of nitrogens with two attached hydrogens (primary N) is 1. The lowest BCUT2D eigenvalue weighted by atomic mass is 9.96. The summed E-state index contributed by atoms with van der Waals surface area (Å²) >= 11 is 1.31. The Kier molecular flexibility index (Phi) is 4.36. The number of nitrogens with one attached hydrogen (secondary N) is 1. The summed E-state index contributed by atoms with van der Waals surface area (Å²) in [4.78, 5) is 20.5. The highest BCUT2D eigenvalue weighted by Crippen LogP contribution is 2.27. The average Bonchev–Trinajstić information content (AvgIpc) is 2.70. The van der Waals surface area contributed by atoms with Crippen molar-refractivity contribution in [2.24, 2.45) is 0 Å². The van der Waals surface area contributed by atoms with E-state index in [9.17, 15) is 4.79 Å². The SMILES string of the molecule is CCCn1c(Sc2cc(N)nc(C(C)(C)C)n2)n[nH]c1=O. The van der Waals surface area contributed by atoms with Crippen molar-refractivity contribution in [3.05, 3.63) is 22.4 Å². The van der Waals surface area contributed by atoms with Gasteiger partial charge in [0.15, 0.2) is 5.16 Å². The number of aromatic nitrogens is 5. The number of hydrogen-bond acceptors (Lipinski definition) is 6. The summed E-state index contributed by atoms with van der Waals surface area (Å²) in [7, 11) is 0. The van der Waals surface area contributed by atoms with E-state index in [2.05, 4.69) is 20.2 Å². The number of H-pyrrole nitrogens is 1. The molecule has 3 N–H and O–H groups in total. The molecule has 114 valence electrons. The average molecular weight is 308 g/mol. The third kappa shape index (κ3) is 3.63. The van der Waals surface area contributed by atoms with Crippen molar-refractivity contribution in [2.75, 3.05) is 5.73 Å². The van der Waals surface area contributed by atoms with Gasteiger partial charge >= 0.3 is 5.69 Å². The van der Waals surface area contributed by atoms with E-state index in [1.54, 1.807) is 10.6 Å². The molecule has 2 aromatic rings. The molecule has 8 heteroatoms. The molecule has 0 spiro atoms. The van der Waals surface area contributed by atoms with Gasteiger partial charge in [0.05, 0.1) is 0 Å². The standard InChI is InChI=1S/C13H20N6OS/c1-5-6-19-11(20)17-18-12(19)21-9-7-8(14)15-10(16-9)13(2,3)4/h7H,5-6H2,1-4H3,(H,17,20)(H2,14,15,16). The summed E-state index contributed by atoms with van der Waals surface area (Å²) in [5.41, 5.74) is 5.44. The maximum absolute atomic E-state index is 11.7. The maximum atomic E-state index is 11.7. The van der Waals surface area contributed by atoms with Gasteiger partial charge in [-0.05, 0) is 18.2 Å². The van der Waals surface area contributed by atoms with Crippen molar-refractivity contribution in [2.45, 2.75) is 56.3 Å². The van der Waals surface area contributed by atoms with E-state index < -0.39 is 0 Å². The van der Waals surface area contributed by atoms with Crippen LogP contribution in [0.3, 0.4) is 0 Å². The summed E-state index contributed by atoms with van der Waals surface area (Å²) in [5.74, 6) is 1.09. The molecule has 0 amide bonds. The van der Waals surface area contributed by atoms with Gasteiger partial charge in [-0.1, -0.05) is 27.7 Å². The number of aromatic amines is 1. The zero-order valence-electron chi connectivity index (χ0n) is 12.7. The number of rotatable bonds is 4. The molecule has 0 aromatic carbocycles. The van der Waals surface area contributed by atoms with Crippen molar-refractivity contribution in [3.8, 4) is 0 Å². The quantitative estimate of drug-likeness (QED) is 0.835.